The van der Waals surface area contributed by atoms with Gasteiger partial charge in [-0.3, -0.25) is 4.79 Å². The normalized spacial score (nSPS) is 16.9. The van der Waals surface area contributed by atoms with Crippen LogP contribution in [0.15, 0.2) is 55.2 Å². The minimum Gasteiger partial charge on any atom is -0.355 e. The number of rotatable bonds is 4. The Kier molecular flexibility index (Phi) is 5.19. The van der Waals surface area contributed by atoms with Crippen LogP contribution < -0.4 is 9.80 Å². The van der Waals surface area contributed by atoms with Gasteiger partial charge >= 0.3 is 0 Å². The molecule has 2 aliphatic rings. The van der Waals surface area contributed by atoms with Crippen LogP contribution in [0, 0.1) is 12.8 Å². The van der Waals surface area contributed by atoms with E-state index in [1.807, 2.05) is 54.4 Å². The fraction of sp³-hybridized carbons (Fsp3) is 0.348. The van der Waals surface area contributed by atoms with Gasteiger partial charge < -0.3 is 14.7 Å². The summed E-state index contributed by atoms with van der Waals surface area (Å²) >= 11 is 0. The first-order valence-electron chi connectivity index (χ1n) is 10.6. The molecule has 5 rings (SSSR count). The largest absolute Gasteiger partial charge is 0.355 e. The van der Waals surface area contributed by atoms with Gasteiger partial charge in [0.2, 0.25) is 5.91 Å². The lowest BCUT2D eigenvalue weighted by Crippen LogP contribution is -2.58. The van der Waals surface area contributed by atoms with Crippen molar-refractivity contribution in [2.24, 2.45) is 5.92 Å². The smallest absolute Gasteiger partial charge is 0.229 e. The molecule has 0 atom stereocenters. The number of benzene rings is 1. The molecule has 2 aromatic heterocycles. The van der Waals surface area contributed by atoms with Gasteiger partial charge in [0.1, 0.15) is 24.3 Å². The molecule has 2 fully saturated rings. The van der Waals surface area contributed by atoms with Gasteiger partial charge in [-0.1, -0.05) is 30.3 Å². The highest BCUT2D eigenvalue weighted by atomic mass is 16.2. The Hall–Kier alpha value is -3.55. The fourth-order valence-corrected chi connectivity index (χ4v) is 4.23. The maximum Gasteiger partial charge on any atom is 0.229 e. The van der Waals surface area contributed by atoms with E-state index in [4.69, 9.17) is 0 Å². The van der Waals surface area contributed by atoms with Crippen molar-refractivity contribution in [3.63, 3.8) is 0 Å². The highest BCUT2D eigenvalue weighted by molar-refractivity contribution is 5.82. The van der Waals surface area contributed by atoms with Crippen LogP contribution in [-0.4, -0.2) is 70.0 Å². The lowest BCUT2D eigenvalue weighted by Gasteiger charge is -2.43. The molecule has 0 aliphatic carbocycles. The summed E-state index contributed by atoms with van der Waals surface area (Å²) in [6, 6.07) is 12.1. The summed E-state index contributed by atoms with van der Waals surface area (Å²) < 4.78 is 0. The van der Waals surface area contributed by atoms with Gasteiger partial charge in [0.05, 0.1) is 11.6 Å². The number of piperazine rings is 1. The van der Waals surface area contributed by atoms with Crippen molar-refractivity contribution >= 4 is 17.5 Å². The Labute approximate surface area is 181 Å². The molecule has 1 amide bonds. The molecule has 1 aromatic carbocycles. The number of aryl methyl sites for hydroxylation is 1. The zero-order valence-electron chi connectivity index (χ0n) is 17.6. The molecule has 0 spiro atoms. The second-order valence-electron chi connectivity index (χ2n) is 8.07. The lowest BCUT2D eigenvalue weighted by atomic mass is 9.97. The van der Waals surface area contributed by atoms with E-state index in [2.05, 4.69) is 29.7 Å². The van der Waals surface area contributed by atoms with Crippen molar-refractivity contribution in [3.05, 3.63) is 60.8 Å². The molecule has 8 heteroatoms. The van der Waals surface area contributed by atoms with Gasteiger partial charge in [-0.15, -0.1) is 0 Å². The number of hydrogen-bond donors (Lipinski definition) is 0. The predicted octanol–water partition coefficient (Wildman–Crippen LogP) is 2.03. The molecule has 2 saturated heterocycles. The fourth-order valence-electron chi connectivity index (χ4n) is 4.23. The van der Waals surface area contributed by atoms with E-state index in [1.165, 1.54) is 0 Å². The van der Waals surface area contributed by atoms with E-state index in [9.17, 15) is 4.79 Å². The number of hydrogen-bond acceptors (Lipinski definition) is 7. The third-order valence-corrected chi connectivity index (χ3v) is 6.04. The summed E-state index contributed by atoms with van der Waals surface area (Å²) in [5.74, 6) is 2.12. The van der Waals surface area contributed by atoms with E-state index in [0.717, 1.165) is 54.6 Å². The van der Waals surface area contributed by atoms with Gasteiger partial charge in [-0.2, -0.15) is 0 Å². The summed E-state index contributed by atoms with van der Waals surface area (Å²) in [6.07, 6.45) is 5.01. The van der Waals surface area contributed by atoms with Gasteiger partial charge in [0.15, 0.2) is 0 Å². The minimum atomic E-state index is 0.0301. The molecular weight excluding hydrogens is 390 g/mol. The first-order chi connectivity index (χ1) is 15.2. The summed E-state index contributed by atoms with van der Waals surface area (Å²) in [6.45, 7) is 6.48. The monoisotopic (exact) mass is 415 g/mol. The minimum absolute atomic E-state index is 0.0301. The summed E-state index contributed by atoms with van der Waals surface area (Å²) in [5.41, 5.74) is 3.03. The van der Waals surface area contributed by atoms with Crippen LogP contribution in [0.5, 0.6) is 0 Å². The SMILES string of the molecule is Cc1cncnc1N1CCN(C(=O)C2CN(c3cc(-c4ccccc4)ncn3)C2)CC1. The van der Waals surface area contributed by atoms with Crippen molar-refractivity contribution in [2.45, 2.75) is 6.92 Å². The summed E-state index contributed by atoms with van der Waals surface area (Å²) in [4.78, 5) is 36.6. The number of amides is 1. The summed E-state index contributed by atoms with van der Waals surface area (Å²) in [5, 5.41) is 0. The van der Waals surface area contributed by atoms with Crippen LogP contribution in [0.1, 0.15) is 5.56 Å². The average molecular weight is 416 g/mol. The van der Waals surface area contributed by atoms with Gasteiger partial charge in [0, 0.05) is 62.7 Å². The highest BCUT2D eigenvalue weighted by Crippen LogP contribution is 2.27. The van der Waals surface area contributed by atoms with Gasteiger partial charge in [0.25, 0.3) is 0 Å². The van der Waals surface area contributed by atoms with Gasteiger partial charge in [-0.05, 0) is 6.92 Å². The van der Waals surface area contributed by atoms with E-state index in [-0.39, 0.29) is 11.8 Å². The highest BCUT2D eigenvalue weighted by Gasteiger charge is 2.37. The third kappa shape index (κ3) is 3.93. The molecule has 0 unspecified atom stereocenters. The van der Waals surface area contributed by atoms with Crippen molar-refractivity contribution in [2.75, 3.05) is 49.1 Å². The van der Waals surface area contributed by atoms with Crippen molar-refractivity contribution in [1.29, 1.82) is 0 Å². The van der Waals surface area contributed by atoms with Crippen LogP contribution >= 0.6 is 0 Å². The standard InChI is InChI=1S/C23H25N7O/c1-17-12-24-15-27-22(17)28-7-9-29(10-8-28)23(31)19-13-30(14-19)21-11-20(25-16-26-21)18-5-3-2-4-6-18/h2-6,11-12,15-16,19H,7-10,13-14H2,1H3. The van der Waals surface area contributed by atoms with E-state index < -0.39 is 0 Å². The van der Waals surface area contributed by atoms with Gasteiger partial charge in [-0.25, -0.2) is 19.9 Å². The first kappa shape index (κ1) is 19.4. The second-order valence-corrected chi connectivity index (χ2v) is 8.07. The zero-order valence-corrected chi connectivity index (χ0v) is 17.6. The predicted molar refractivity (Wildman–Crippen MR) is 119 cm³/mol. The molecule has 0 N–H and O–H groups in total. The van der Waals surface area contributed by atoms with Crippen LogP contribution in [0.2, 0.25) is 0 Å². The van der Waals surface area contributed by atoms with Crippen molar-refractivity contribution < 1.29 is 4.79 Å². The Morgan fingerprint density at radius 3 is 2.45 bits per heavy atom. The van der Waals surface area contributed by atoms with E-state index >= 15 is 0 Å². The van der Waals surface area contributed by atoms with Crippen LogP contribution in [-0.2, 0) is 4.79 Å². The second kappa shape index (κ2) is 8.29. The summed E-state index contributed by atoms with van der Waals surface area (Å²) in [7, 11) is 0. The van der Waals surface area contributed by atoms with E-state index in [1.54, 1.807) is 12.7 Å². The number of aromatic nitrogens is 4. The molecule has 0 saturated carbocycles. The lowest BCUT2D eigenvalue weighted by molar-refractivity contribution is -0.136. The Morgan fingerprint density at radius 1 is 0.935 bits per heavy atom. The molecule has 3 aromatic rings. The topological polar surface area (TPSA) is 78.4 Å². The third-order valence-electron chi connectivity index (χ3n) is 6.04. The molecular formula is C23H25N7O. The maximum atomic E-state index is 13.0. The molecule has 8 nitrogen and oxygen atoms in total. The number of nitrogens with zero attached hydrogens (tertiary/aromatic N) is 7. The van der Waals surface area contributed by atoms with Crippen LogP contribution in [0.25, 0.3) is 11.3 Å². The molecule has 2 aliphatic heterocycles. The molecule has 31 heavy (non-hydrogen) atoms. The Morgan fingerprint density at radius 2 is 1.71 bits per heavy atom. The maximum absolute atomic E-state index is 13.0. The molecule has 0 bridgehead atoms. The van der Waals surface area contributed by atoms with Crippen LogP contribution in [0.3, 0.4) is 0 Å². The average Bonchev–Trinajstić information content (AvgIpc) is 2.79. The van der Waals surface area contributed by atoms with E-state index in [0.29, 0.717) is 13.1 Å². The Bertz CT molecular complexity index is 1060. The molecule has 0 radical (unpaired) electrons. The van der Waals surface area contributed by atoms with Crippen molar-refractivity contribution in [1.82, 2.24) is 24.8 Å². The quantitative estimate of drug-likeness (QED) is 0.645. The first-order valence-corrected chi connectivity index (χ1v) is 10.6. The number of anilines is 2. The number of carbonyl (C=O) groups is 1. The number of carbonyl (C=O) groups excluding carboxylic acids is 1. The molecule has 158 valence electrons. The van der Waals surface area contributed by atoms with Crippen LogP contribution in [0.4, 0.5) is 11.6 Å². The van der Waals surface area contributed by atoms with Crippen molar-refractivity contribution in [3.8, 4) is 11.3 Å². The Balaban J connectivity index is 1.17. The zero-order chi connectivity index (χ0) is 21.2. The molecule has 4 heterocycles.